The molecule has 0 atom stereocenters. The van der Waals surface area contributed by atoms with Crippen LogP contribution in [-0.2, 0) is 6.61 Å². The van der Waals surface area contributed by atoms with E-state index in [9.17, 15) is 14.5 Å². The van der Waals surface area contributed by atoms with E-state index in [0.29, 0.717) is 11.5 Å². The molecule has 0 aliphatic rings. The monoisotopic (exact) mass is 251 g/mol. The van der Waals surface area contributed by atoms with E-state index in [-0.39, 0.29) is 18.0 Å². The Bertz CT molecular complexity index is 579. The second kappa shape index (κ2) is 4.87. The van der Waals surface area contributed by atoms with Gasteiger partial charge in [-0.3, -0.25) is 10.1 Å². The van der Waals surface area contributed by atoms with Crippen LogP contribution in [0.4, 0.5) is 10.1 Å². The summed E-state index contributed by atoms with van der Waals surface area (Å²) in [5.41, 5.74) is -0.278. The van der Waals surface area contributed by atoms with Crippen molar-refractivity contribution in [3.8, 4) is 5.75 Å². The highest BCUT2D eigenvalue weighted by Crippen LogP contribution is 2.28. The summed E-state index contributed by atoms with van der Waals surface area (Å²) in [6, 6.07) is 6.51. The minimum absolute atomic E-state index is 0.0120. The van der Waals surface area contributed by atoms with Crippen LogP contribution in [0.15, 0.2) is 34.7 Å². The van der Waals surface area contributed by atoms with Crippen LogP contribution in [0.3, 0.4) is 0 Å². The van der Waals surface area contributed by atoms with E-state index < -0.39 is 10.7 Å². The highest BCUT2D eigenvalue weighted by atomic mass is 19.1. The maximum Gasteiger partial charge on any atom is 0.311 e. The van der Waals surface area contributed by atoms with Crippen molar-refractivity contribution in [2.45, 2.75) is 13.5 Å². The minimum atomic E-state index is -0.623. The molecule has 0 saturated heterocycles. The number of aryl methyl sites for hydroxylation is 1. The van der Waals surface area contributed by atoms with E-state index in [1.165, 1.54) is 0 Å². The van der Waals surface area contributed by atoms with E-state index >= 15 is 0 Å². The summed E-state index contributed by atoms with van der Waals surface area (Å²) in [6.45, 7) is 1.78. The first-order valence-corrected chi connectivity index (χ1v) is 5.18. The minimum Gasteiger partial charge on any atom is -0.479 e. The zero-order valence-electron chi connectivity index (χ0n) is 9.55. The second-order valence-corrected chi connectivity index (χ2v) is 3.67. The Balaban J connectivity index is 2.17. The zero-order valence-corrected chi connectivity index (χ0v) is 9.55. The van der Waals surface area contributed by atoms with Crippen LogP contribution in [0.2, 0.25) is 0 Å². The number of benzene rings is 1. The number of halogens is 1. The fourth-order valence-electron chi connectivity index (χ4n) is 1.47. The molecule has 0 radical (unpaired) electrons. The van der Waals surface area contributed by atoms with Crippen molar-refractivity contribution in [3.05, 3.63) is 57.8 Å². The molecule has 1 aromatic heterocycles. The maximum absolute atomic E-state index is 13.0. The second-order valence-electron chi connectivity index (χ2n) is 3.67. The number of rotatable bonds is 4. The van der Waals surface area contributed by atoms with Gasteiger partial charge in [0.1, 0.15) is 23.9 Å². The summed E-state index contributed by atoms with van der Waals surface area (Å²) in [5.74, 6) is 0.522. The highest BCUT2D eigenvalue weighted by Gasteiger charge is 2.16. The average Bonchev–Trinajstić information content (AvgIpc) is 2.72. The number of hydrogen-bond acceptors (Lipinski definition) is 4. The van der Waals surface area contributed by atoms with Crippen LogP contribution in [-0.4, -0.2) is 4.92 Å². The fourth-order valence-corrected chi connectivity index (χ4v) is 1.47. The number of furan rings is 1. The van der Waals surface area contributed by atoms with Gasteiger partial charge in [0.15, 0.2) is 5.75 Å². The van der Waals surface area contributed by atoms with Gasteiger partial charge >= 0.3 is 5.69 Å². The SMILES string of the molecule is Cc1ccc(COc2cc(F)ccc2[N+](=O)[O-])o1. The number of ether oxygens (including phenoxy) is 1. The summed E-state index contributed by atoms with van der Waals surface area (Å²) in [7, 11) is 0. The van der Waals surface area contributed by atoms with Gasteiger partial charge in [-0.1, -0.05) is 0 Å². The molecule has 6 heteroatoms. The van der Waals surface area contributed by atoms with Gasteiger partial charge in [-0.25, -0.2) is 4.39 Å². The Hall–Kier alpha value is -2.37. The predicted octanol–water partition coefficient (Wildman–Crippen LogP) is 3.21. The lowest BCUT2D eigenvalue weighted by Crippen LogP contribution is -1.98. The van der Waals surface area contributed by atoms with Crippen molar-refractivity contribution in [1.29, 1.82) is 0 Å². The third kappa shape index (κ3) is 2.65. The predicted molar refractivity (Wildman–Crippen MR) is 60.8 cm³/mol. The zero-order chi connectivity index (χ0) is 13.1. The van der Waals surface area contributed by atoms with E-state index in [4.69, 9.17) is 9.15 Å². The fraction of sp³-hybridized carbons (Fsp3) is 0.167. The largest absolute Gasteiger partial charge is 0.479 e. The van der Waals surface area contributed by atoms with E-state index in [0.717, 1.165) is 18.2 Å². The average molecular weight is 251 g/mol. The first kappa shape index (κ1) is 12.1. The summed E-state index contributed by atoms with van der Waals surface area (Å²) in [6.07, 6.45) is 0. The molecule has 0 unspecified atom stereocenters. The Kier molecular flexibility index (Phi) is 3.27. The Labute approximate surface area is 102 Å². The van der Waals surface area contributed by atoms with Crippen LogP contribution >= 0.6 is 0 Å². The van der Waals surface area contributed by atoms with Gasteiger partial charge in [0.25, 0.3) is 0 Å². The molecule has 2 rings (SSSR count). The van der Waals surface area contributed by atoms with Crippen LogP contribution in [0.25, 0.3) is 0 Å². The lowest BCUT2D eigenvalue weighted by atomic mass is 10.3. The van der Waals surface area contributed by atoms with Gasteiger partial charge in [-0.2, -0.15) is 0 Å². The lowest BCUT2D eigenvalue weighted by molar-refractivity contribution is -0.386. The Morgan fingerprint density at radius 2 is 2.17 bits per heavy atom. The molecule has 0 bridgehead atoms. The lowest BCUT2D eigenvalue weighted by Gasteiger charge is -2.05. The molecule has 5 nitrogen and oxygen atoms in total. The van der Waals surface area contributed by atoms with Gasteiger partial charge in [-0.05, 0) is 25.1 Å². The summed E-state index contributed by atoms with van der Waals surface area (Å²) >= 11 is 0. The van der Waals surface area contributed by atoms with Gasteiger partial charge in [0, 0.05) is 12.1 Å². The van der Waals surface area contributed by atoms with Gasteiger partial charge < -0.3 is 9.15 Å². The quantitative estimate of drug-likeness (QED) is 0.618. The number of nitrogens with zero attached hydrogens (tertiary/aromatic N) is 1. The summed E-state index contributed by atoms with van der Waals surface area (Å²) in [4.78, 5) is 10.1. The molecular weight excluding hydrogens is 241 g/mol. The highest BCUT2D eigenvalue weighted by molar-refractivity contribution is 5.46. The number of nitro groups is 1. The van der Waals surface area contributed by atoms with Crippen LogP contribution in [0.5, 0.6) is 5.75 Å². The smallest absolute Gasteiger partial charge is 0.311 e. The third-order valence-electron chi connectivity index (χ3n) is 2.28. The Morgan fingerprint density at radius 3 is 2.78 bits per heavy atom. The summed E-state index contributed by atoms with van der Waals surface area (Å²) in [5, 5.41) is 10.7. The molecule has 0 fully saturated rings. The first-order chi connectivity index (χ1) is 8.56. The summed E-state index contributed by atoms with van der Waals surface area (Å²) < 4.78 is 23.5. The molecule has 0 aliphatic heterocycles. The third-order valence-corrected chi connectivity index (χ3v) is 2.28. The van der Waals surface area contributed by atoms with Crippen molar-refractivity contribution < 1.29 is 18.5 Å². The molecule has 1 heterocycles. The van der Waals surface area contributed by atoms with Crippen LogP contribution in [0, 0.1) is 22.9 Å². The molecule has 0 amide bonds. The molecule has 0 saturated carbocycles. The molecular formula is C12H10FNO4. The van der Waals surface area contributed by atoms with Crippen molar-refractivity contribution in [2.24, 2.45) is 0 Å². The van der Waals surface area contributed by atoms with Crippen LogP contribution < -0.4 is 4.74 Å². The molecule has 0 N–H and O–H groups in total. The molecule has 2 aromatic rings. The van der Waals surface area contributed by atoms with Crippen LogP contribution in [0.1, 0.15) is 11.5 Å². The molecule has 18 heavy (non-hydrogen) atoms. The van der Waals surface area contributed by atoms with E-state index in [1.807, 2.05) is 0 Å². The topological polar surface area (TPSA) is 65.5 Å². The maximum atomic E-state index is 13.0. The van der Waals surface area contributed by atoms with Crippen molar-refractivity contribution in [1.82, 2.24) is 0 Å². The van der Waals surface area contributed by atoms with Gasteiger partial charge in [0.05, 0.1) is 4.92 Å². The van der Waals surface area contributed by atoms with Crippen molar-refractivity contribution >= 4 is 5.69 Å². The molecule has 1 aromatic carbocycles. The van der Waals surface area contributed by atoms with Crippen molar-refractivity contribution in [3.63, 3.8) is 0 Å². The molecule has 0 spiro atoms. The van der Waals surface area contributed by atoms with Crippen molar-refractivity contribution in [2.75, 3.05) is 0 Å². The van der Waals surface area contributed by atoms with Gasteiger partial charge in [0.2, 0.25) is 0 Å². The van der Waals surface area contributed by atoms with E-state index in [1.54, 1.807) is 19.1 Å². The normalized spacial score (nSPS) is 10.3. The Morgan fingerprint density at radius 1 is 1.39 bits per heavy atom. The first-order valence-electron chi connectivity index (χ1n) is 5.18. The number of hydrogen-bond donors (Lipinski definition) is 0. The standard InChI is InChI=1S/C12H10FNO4/c1-8-2-4-10(18-8)7-17-12-6-9(13)3-5-11(12)14(15)16/h2-6H,7H2,1H3. The number of nitro benzene ring substituents is 1. The van der Waals surface area contributed by atoms with E-state index in [2.05, 4.69) is 0 Å². The van der Waals surface area contributed by atoms with Gasteiger partial charge in [-0.15, -0.1) is 0 Å². The molecule has 0 aliphatic carbocycles. The molecule has 94 valence electrons.